The molecule has 0 bridgehead atoms. The zero-order valence-corrected chi connectivity index (χ0v) is 25.8. The summed E-state index contributed by atoms with van der Waals surface area (Å²) in [6.45, 7) is 17.6. The highest BCUT2D eigenvalue weighted by Crippen LogP contribution is 2.42. The van der Waals surface area contributed by atoms with Crippen molar-refractivity contribution in [3.05, 3.63) is 59.4 Å². The van der Waals surface area contributed by atoms with E-state index in [9.17, 15) is 9.59 Å². The number of hydrogen-bond acceptors (Lipinski definition) is 5. The van der Waals surface area contributed by atoms with E-state index < -0.39 is 13.9 Å². The number of benzene rings is 1. The van der Waals surface area contributed by atoms with Gasteiger partial charge >= 0.3 is 0 Å². The highest BCUT2D eigenvalue weighted by molar-refractivity contribution is 6.77. The maximum Gasteiger partial charge on any atom is 0.200 e. The predicted molar refractivity (Wildman–Crippen MR) is 158 cm³/mol. The fourth-order valence-corrected chi connectivity index (χ4v) is 11.5. The van der Waals surface area contributed by atoms with Gasteiger partial charge in [0, 0.05) is 25.0 Å². The van der Waals surface area contributed by atoms with Crippen molar-refractivity contribution in [2.24, 2.45) is 0 Å². The van der Waals surface area contributed by atoms with Crippen molar-refractivity contribution >= 4 is 20.4 Å². The molecule has 2 rings (SSSR count). The minimum absolute atomic E-state index is 0.0803. The maximum absolute atomic E-state index is 13.1. The predicted octanol–water partition coefficient (Wildman–Crippen LogP) is 8.10. The zero-order chi connectivity index (χ0) is 28.2. The molecule has 5 nitrogen and oxygen atoms in total. The lowest BCUT2D eigenvalue weighted by Crippen LogP contribution is -2.48. The quantitative estimate of drug-likeness (QED) is 0.0861. The summed E-state index contributed by atoms with van der Waals surface area (Å²) in [7, 11) is -1.94. The van der Waals surface area contributed by atoms with Gasteiger partial charge in [0.05, 0.1) is 19.6 Å². The Bertz CT molecular complexity index is 913. The Hall–Kier alpha value is -2.02. The molecule has 1 unspecified atom stereocenters. The smallest absolute Gasteiger partial charge is 0.200 e. The first-order valence-corrected chi connectivity index (χ1v) is 16.5. The largest absolute Gasteiger partial charge is 0.487 e. The Morgan fingerprint density at radius 1 is 0.974 bits per heavy atom. The van der Waals surface area contributed by atoms with E-state index >= 15 is 0 Å². The maximum atomic E-state index is 13.1. The van der Waals surface area contributed by atoms with Gasteiger partial charge in [-0.3, -0.25) is 4.79 Å². The molecule has 0 saturated carbocycles. The van der Waals surface area contributed by atoms with Gasteiger partial charge in [-0.05, 0) is 54.4 Å². The van der Waals surface area contributed by atoms with Gasteiger partial charge in [-0.15, -0.1) is 0 Å². The van der Waals surface area contributed by atoms with Crippen molar-refractivity contribution in [3.63, 3.8) is 0 Å². The molecule has 6 heteroatoms. The van der Waals surface area contributed by atoms with Crippen molar-refractivity contribution in [2.75, 3.05) is 13.2 Å². The van der Waals surface area contributed by atoms with Crippen LogP contribution in [0.25, 0.3) is 0 Å². The first kappa shape index (κ1) is 32.2. The van der Waals surface area contributed by atoms with Crippen molar-refractivity contribution < 1.29 is 23.5 Å². The molecule has 1 heterocycles. The van der Waals surface area contributed by atoms with Crippen LogP contribution in [0.3, 0.4) is 0 Å². The van der Waals surface area contributed by atoms with Crippen LogP contribution in [0.15, 0.2) is 53.8 Å². The summed E-state index contributed by atoms with van der Waals surface area (Å²) in [5.41, 5.74) is 2.73. The summed E-state index contributed by atoms with van der Waals surface area (Å²) in [4.78, 5) is 24.2. The van der Waals surface area contributed by atoms with Crippen molar-refractivity contribution in [1.29, 1.82) is 0 Å². The standard InChI is InChI=1S/C32H50O5Si/c1-25(2)38(26(3)4,27(5)6)36-22-14-18-31-29(17-13-20-33)30(34)23-32(7,37-31)19-11-12-21-35-24-28-15-9-8-10-16-28/h8-11,15-16,19-20,25-27H,12-14,17-18,21-24H2,1-7H3/b19-11+. The van der Waals surface area contributed by atoms with Crippen LogP contribution in [0, 0.1) is 0 Å². The number of Topliss-reactive ketones (excluding diaryl/α,β-unsaturated/α-hetero) is 1. The van der Waals surface area contributed by atoms with Crippen molar-refractivity contribution in [3.8, 4) is 0 Å². The third kappa shape index (κ3) is 9.03. The Morgan fingerprint density at radius 3 is 2.24 bits per heavy atom. The van der Waals surface area contributed by atoms with Crippen LogP contribution in [0.5, 0.6) is 0 Å². The molecule has 1 aliphatic heterocycles. The van der Waals surface area contributed by atoms with Gasteiger partial charge in [0.2, 0.25) is 0 Å². The number of aldehydes is 1. The zero-order valence-electron chi connectivity index (χ0n) is 24.8. The summed E-state index contributed by atoms with van der Waals surface area (Å²) in [6, 6.07) is 10.1. The van der Waals surface area contributed by atoms with Crippen LogP contribution < -0.4 is 0 Å². The highest BCUT2D eigenvalue weighted by Gasteiger charge is 2.45. The molecule has 0 fully saturated rings. The normalized spacial score (nSPS) is 18.7. The van der Waals surface area contributed by atoms with E-state index in [1.165, 1.54) is 0 Å². The minimum atomic E-state index is -1.94. The van der Waals surface area contributed by atoms with Crippen molar-refractivity contribution in [2.45, 2.75) is 116 Å². The minimum Gasteiger partial charge on any atom is -0.487 e. The van der Waals surface area contributed by atoms with Crippen LogP contribution in [-0.2, 0) is 30.1 Å². The fourth-order valence-electron chi connectivity index (χ4n) is 5.97. The van der Waals surface area contributed by atoms with E-state index in [1.54, 1.807) is 0 Å². The van der Waals surface area contributed by atoms with Crippen LogP contribution in [0.4, 0.5) is 0 Å². The van der Waals surface area contributed by atoms with E-state index in [4.69, 9.17) is 13.9 Å². The van der Waals surface area contributed by atoms with Gasteiger partial charge in [0.1, 0.15) is 17.6 Å². The van der Waals surface area contributed by atoms with Gasteiger partial charge in [-0.1, -0.05) is 78.0 Å². The molecule has 1 aromatic rings. The van der Waals surface area contributed by atoms with E-state index in [1.807, 2.05) is 37.3 Å². The van der Waals surface area contributed by atoms with Gasteiger partial charge in [0.25, 0.3) is 0 Å². The Kier molecular flexibility index (Phi) is 13.2. The average molecular weight is 543 g/mol. The molecule has 1 aliphatic rings. The number of carbonyl (C=O) groups is 2. The topological polar surface area (TPSA) is 61.8 Å². The summed E-state index contributed by atoms with van der Waals surface area (Å²) < 4.78 is 19.0. The highest BCUT2D eigenvalue weighted by atomic mass is 28.4. The lowest BCUT2D eigenvalue weighted by Gasteiger charge is -2.42. The second-order valence-corrected chi connectivity index (χ2v) is 17.1. The fraction of sp³-hybridized carbons (Fsp3) is 0.625. The molecule has 0 aromatic heterocycles. The molecule has 1 aromatic carbocycles. The first-order valence-electron chi connectivity index (χ1n) is 14.4. The molecule has 0 saturated heterocycles. The lowest BCUT2D eigenvalue weighted by atomic mass is 9.88. The van der Waals surface area contributed by atoms with Gasteiger partial charge < -0.3 is 18.7 Å². The molecule has 0 amide bonds. The molecule has 0 spiro atoms. The van der Waals surface area contributed by atoms with E-state index in [0.29, 0.717) is 61.3 Å². The second kappa shape index (κ2) is 15.5. The summed E-state index contributed by atoms with van der Waals surface area (Å²) in [6.07, 6.45) is 8.15. The molecule has 0 aliphatic carbocycles. The van der Waals surface area contributed by atoms with E-state index in [2.05, 4.69) is 53.7 Å². The molecule has 212 valence electrons. The number of carbonyl (C=O) groups excluding carboxylic acids is 2. The monoisotopic (exact) mass is 542 g/mol. The molecule has 1 atom stereocenters. The lowest BCUT2D eigenvalue weighted by molar-refractivity contribution is -0.122. The average Bonchev–Trinajstić information content (AvgIpc) is 2.85. The summed E-state index contributed by atoms with van der Waals surface area (Å²) in [5.74, 6) is 0.807. The third-order valence-corrected chi connectivity index (χ3v) is 13.8. The van der Waals surface area contributed by atoms with Crippen LogP contribution >= 0.6 is 0 Å². The molecular formula is C32H50O5Si. The van der Waals surface area contributed by atoms with Crippen LogP contribution in [0.1, 0.15) is 92.6 Å². The SMILES string of the molecule is CC(C)[Si](OCCCC1=C(CCC=O)C(=O)CC(C)(/C=C/CCOCc2ccccc2)O1)(C(C)C)C(C)C. The first-order chi connectivity index (χ1) is 18.1. The second-order valence-electron chi connectivity index (χ2n) is 11.6. The summed E-state index contributed by atoms with van der Waals surface area (Å²) >= 11 is 0. The summed E-state index contributed by atoms with van der Waals surface area (Å²) in [5, 5.41) is 0. The number of ketones is 1. The van der Waals surface area contributed by atoms with E-state index in [0.717, 1.165) is 30.5 Å². The van der Waals surface area contributed by atoms with Gasteiger partial charge in [0.15, 0.2) is 14.1 Å². The Morgan fingerprint density at radius 2 is 1.63 bits per heavy atom. The van der Waals surface area contributed by atoms with Crippen LogP contribution in [-0.4, -0.2) is 39.2 Å². The van der Waals surface area contributed by atoms with Gasteiger partial charge in [-0.25, -0.2) is 0 Å². The van der Waals surface area contributed by atoms with Crippen molar-refractivity contribution in [1.82, 2.24) is 0 Å². The molecule has 38 heavy (non-hydrogen) atoms. The Labute approximate surface area is 232 Å². The third-order valence-electron chi connectivity index (χ3n) is 7.67. The molecule has 0 radical (unpaired) electrons. The number of allylic oxidation sites excluding steroid dienone is 2. The van der Waals surface area contributed by atoms with Gasteiger partial charge in [-0.2, -0.15) is 0 Å². The van der Waals surface area contributed by atoms with E-state index in [-0.39, 0.29) is 12.2 Å². The molecule has 0 N–H and O–H groups in total. The molecular weight excluding hydrogens is 492 g/mol. The Balaban J connectivity index is 2.00. The number of ether oxygens (including phenoxy) is 2. The number of hydrogen-bond donors (Lipinski definition) is 0. The number of rotatable bonds is 17. The van der Waals surface area contributed by atoms with Crippen LogP contribution in [0.2, 0.25) is 16.6 Å².